The molecule has 2 aromatic carbocycles. The van der Waals surface area contributed by atoms with Crippen molar-refractivity contribution < 1.29 is 14.3 Å². The first-order chi connectivity index (χ1) is 14.1. The summed E-state index contributed by atoms with van der Waals surface area (Å²) in [7, 11) is 0. The van der Waals surface area contributed by atoms with Crippen LogP contribution in [0.5, 0.6) is 5.75 Å². The second-order valence-electron chi connectivity index (χ2n) is 6.87. The highest BCUT2D eigenvalue weighted by atomic mass is 32.1. The second kappa shape index (κ2) is 8.45. The third-order valence-corrected chi connectivity index (χ3v) is 5.98. The normalized spacial score (nSPS) is 12.3. The fourth-order valence-electron chi connectivity index (χ4n) is 3.32. The van der Waals surface area contributed by atoms with Crippen molar-refractivity contribution in [3.8, 4) is 16.3 Å². The first-order valence-electron chi connectivity index (χ1n) is 9.47. The Kier molecular flexibility index (Phi) is 5.57. The van der Waals surface area contributed by atoms with Crippen LogP contribution in [0.1, 0.15) is 32.9 Å². The zero-order valence-electron chi connectivity index (χ0n) is 16.0. The van der Waals surface area contributed by atoms with Crippen LogP contribution in [0.3, 0.4) is 0 Å². The molecule has 7 heteroatoms. The number of thiazole rings is 1. The van der Waals surface area contributed by atoms with Gasteiger partial charge in [0.2, 0.25) is 0 Å². The van der Waals surface area contributed by atoms with Gasteiger partial charge in [0, 0.05) is 5.56 Å². The average molecular weight is 407 g/mol. The Morgan fingerprint density at radius 1 is 1.07 bits per heavy atom. The van der Waals surface area contributed by atoms with Gasteiger partial charge in [-0.1, -0.05) is 36.4 Å². The fraction of sp³-hybridized carbons (Fsp3) is 0.227. The highest BCUT2D eigenvalue weighted by molar-refractivity contribution is 7.17. The third-order valence-electron chi connectivity index (χ3n) is 4.78. The number of benzene rings is 2. The van der Waals surface area contributed by atoms with Gasteiger partial charge in [0.05, 0.1) is 5.69 Å². The topological polar surface area (TPSA) is 80.3 Å². The number of ether oxygens (including phenoxy) is 1. The lowest BCUT2D eigenvalue weighted by atomic mass is 10.1. The van der Waals surface area contributed by atoms with Gasteiger partial charge in [0.1, 0.15) is 15.6 Å². The number of nitrogens with zero attached hydrogens (tertiary/aromatic N) is 1. The van der Waals surface area contributed by atoms with Gasteiger partial charge in [-0.15, -0.1) is 11.3 Å². The summed E-state index contributed by atoms with van der Waals surface area (Å²) in [5.41, 5.74) is 9.03. The number of aryl methyl sites for hydroxylation is 3. The number of amides is 2. The molecule has 0 atom stereocenters. The van der Waals surface area contributed by atoms with Crippen LogP contribution < -0.4 is 15.6 Å². The Morgan fingerprint density at radius 2 is 1.86 bits per heavy atom. The van der Waals surface area contributed by atoms with Crippen molar-refractivity contribution in [3.05, 3.63) is 70.2 Å². The molecule has 2 amide bonds. The third kappa shape index (κ3) is 4.46. The van der Waals surface area contributed by atoms with E-state index in [1.807, 2.05) is 48.5 Å². The van der Waals surface area contributed by atoms with Crippen molar-refractivity contribution in [1.82, 2.24) is 15.8 Å². The highest BCUT2D eigenvalue weighted by Gasteiger charge is 2.17. The first kappa shape index (κ1) is 19.1. The molecular weight excluding hydrogens is 386 g/mol. The number of nitrogens with one attached hydrogen (secondary N) is 2. The Bertz CT molecular complexity index is 1050. The lowest BCUT2D eigenvalue weighted by molar-refractivity contribution is -0.123. The highest BCUT2D eigenvalue weighted by Crippen LogP contribution is 2.28. The van der Waals surface area contributed by atoms with E-state index in [1.54, 1.807) is 6.92 Å². The van der Waals surface area contributed by atoms with Crippen molar-refractivity contribution in [3.63, 3.8) is 0 Å². The molecule has 0 radical (unpaired) electrons. The Hall–Kier alpha value is -3.19. The summed E-state index contributed by atoms with van der Waals surface area (Å²) in [6.07, 6.45) is 3.31. The molecule has 0 saturated heterocycles. The molecule has 0 fully saturated rings. The lowest BCUT2D eigenvalue weighted by Gasteiger charge is -2.09. The van der Waals surface area contributed by atoms with Crippen LogP contribution in [-0.4, -0.2) is 23.4 Å². The van der Waals surface area contributed by atoms with Crippen molar-refractivity contribution >= 4 is 23.2 Å². The van der Waals surface area contributed by atoms with Crippen LogP contribution in [0.2, 0.25) is 0 Å². The Labute approximate surface area is 172 Å². The van der Waals surface area contributed by atoms with Crippen molar-refractivity contribution in [2.45, 2.75) is 26.2 Å². The van der Waals surface area contributed by atoms with Crippen LogP contribution in [-0.2, 0) is 17.6 Å². The fourth-order valence-corrected chi connectivity index (χ4v) is 4.28. The molecule has 0 bridgehead atoms. The number of fused-ring (bicyclic) bond motifs is 1. The molecule has 0 spiro atoms. The summed E-state index contributed by atoms with van der Waals surface area (Å²) in [5.74, 6) is -0.157. The molecule has 1 aromatic heterocycles. The zero-order valence-corrected chi connectivity index (χ0v) is 16.8. The van der Waals surface area contributed by atoms with E-state index in [0.29, 0.717) is 16.3 Å². The van der Waals surface area contributed by atoms with Gasteiger partial charge in [-0.3, -0.25) is 20.4 Å². The number of rotatable bonds is 5. The molecule has 4 rings (SSSR count). The summed E-state index contributed by atoms with van der Waals surface area (Å²) in [4.78, 5) is 29.4. The smallest absolute Gasteiger partial charge is 0.281 e. The molecular formula is C22H21N3O3S. The van der Waals surface area contributed by atoms with E-state index in [1.165, 1.54) is 22.5 Å². The molecule has 3 aromatic rings. The minimum atomic E-state index is -0.427. The molecule has 1 aliphatic carbocycles. The van der Waals surface area contributed by atoms with Crippen LogP contribution >= 0.6 is 11.3 Å². The van der Waals surface area contributed by atoms with E-state index >= 15 is 0 Å². The van der Waals surface area contributed by atoms with Crippen LogP contribution in [0.4, 0.5) is 0 Å². The Morgan fingerprint density at radius 3 is 2.69 bits per heavy atom. The number of hydrogen-bond acceptors (Lipinski definition) is 5. The van der Waals surface area contributed by atoms with Gasteiger partial charge in [0.25, 0.3) is 11.8 Å². The monoisotopic (exact) mass is 407 g/mol. The zero-order chi connectivity index (χ0) is 20.2. The first-order valence-corrected chi connectivity index (χ1v) is 10.3. The largest absolute Gasteiger partial charge is 0.484 e. The molecule has 6 nitrogen and oxygen atoms in total. The minimum Gasteiger partial charge on any atom is -0.484 e. The molecule has 0 aliphatic heterocycles. The number of hydrogen-bond donors (Lipinski definition) is 2. The summed E-state index contributed by atoms with van der Waals surface area (Å²) < 4.78 is 5.54. The molecule has 148 valence electrons. The minimum absolute atomic E-state index is 0.171. The molecule has 0 saturated carbocycles. The Balaban J connectivity index is 1.30. The average Bonchev–Trinajstić information content (AvgIpc) is 3.37. The van der Waals surface area contributed by atoms with Gasteiger partial charge in [0.15, 0.2) is 6.61 Å². The number of carbonyl (C=O) groups excluding carboxylic acids is 2. The summed E-state index contributed by atoms with van der Waals surface area (Å²) >= 11 is 1.29. The van der Waals surface area contributed by atoms with Gasteiger partial charge < -0.3 is 4.74 Å². The standard InChI is InChI=1S/C22H21N3O3S/c1-14-20(29-22(23-14)16-6-3-2-4-7-16)21(27)25-24-19(26)13-28-18-11-10-15-8-5-9-17(15)12-18/h2-4,6-7,10-12H,5,8-9,13H2,1H3,(H,24,26)(H,25,27). The number of aromatic nitrogens is 1. The van der Waals surface area contributed by atoms with Gasteiger partial charge in [-0.05, 0) is 49.4 Å². The number of hydrazine groups is 1. The summed E-state index contributed by atoms with van der Waals surface area (Å²) in [6.45, 7) is 1.60. The van der Waals surface area contributed by atoms with E-state index in [0.717, 1.165) is 29.8 Å². The van der Waals surface area contributed by atoms with Crippen molar-refractivity contribution in [2.24, 2.45) is 0 Å². The molecule has 1 aliphatic rings. The maximum Gasteiger partial charge on any atom is 0.281 e. The van der Waals surface area contributed by atoms with Gasteiger partial charge in [-0.2, -0.15) is 0 Å². The van der Waals surface area contributed by atoms with E-state index < -0.39 is 11.8 Å². The number of carbonyl (C=O) groups is 2. The van der Waals surface area contributed by atoms with E-state index in [4.69, 9.17) is 4.74 Å². The predicted octanol–water partition coefficient (Wildman–Crippen LogP) is 3.45. The van der Waals surface area contributed by atoms with E-state index in [-0.39, 0.29) is 6.61 Å². The summed E-state index contributed by atoms with van der Waals surface area (Å²) in [5, 5.41) is 0.763. The molecule has 2 N–H and O–H groups in total. The summed E-state index contributed by atoms with van der Waals surface area (Å²) in [6, 6.07) is 15.6. The van der Waals surface area contributed by atoms with Gasteiger partial charge in [-0.25, -0.2) is 4.98 Å². The van der Waals surface area contributed by atoms with E-state index in [2.05, 4.69) is 15.8 Å². The van der Waals surface area contributed by atoms with E-state index in [9.17, 15) is 9.59 Å². The van der Waals surface area contributed by atoms with Crippen LogP contribution in [0.15, 0.2) is 48.5 Å². The van der Waals surface area contributed by atoms with Crippen LogP contribution in [0.25, 0.3) is 10.6 Å². The quantitative estimate of drug-likeness (QED) is 0.635. The molecule has 0 unspecified atom stereocenters. The van der Waals surface area contributed by atoms with Crippen molar-refractivity contribution in [2.75, 3.05) is 6.61 Å². The second-order valence-corrected chi connectivity index (χ2v) is 7.87. The van der Waals surface area contributed by atoms with Crippen molar-refractivity contribution in [1.29, 1.82) is 0 Å². The maximum atomic E-state index is 12.4. The lowest BCUT2D eigenvalue weighted by Crippen LogP contribution is -2.43. The SMILES string of the molecule is Cc1nc(-c2ccccc2)sc1C(=O)NNC(=O)COc1ccc2c(c1)CCC2. The van der Waals surface area contributed by atoms with Crippen LogP contribution in [0, 0.1) is 6.92 Å². The maximum absolute atomic E-state index is 12.4. The van der Waals surface area contributed by atoms with Gasteiger partial charge >= 0.3 is 0 Å². The molecule has 1 heterocycles. The molecule has 29 heavy (non-hydrogen) atoms. The predicted molar refractivity (Wildman–Crippen MR) is 112 cm³/mol.